The fourth-order valence-electron chi connectivity index (χ4n) is 2.94. The summed E-state index contributed by atoms with van der Waals surface area (Å²) >= 11 is 0. The summed E-state index contributed by atoms with van der Waals surface area (Å²) in [6, 6.07) is 16.5. The third kappa shape index (κ3) is 3.89. The molecule has 1 N–H and O–H groups in total. The van der Waals surface area contributed by atoms with E-state index in [9.17, 15) is 0 Å². The fourth-order valence-corrected chi connectivity index (χ4v) is 2.94. The maximum Gasteiger partial charge on any atom is 0.118 e. The van der Waals surface area contributed by atoms with Gasteiger partial charge in [0.25, 0.3) is 0 Å². The summed E-state index contributed by atoms with van der Waals surface area (Å²) in [5.74, 6) is 1.89. The van der Waals surface area contributed by atoms with Crippen molar-refractivity contribution in [3.05, 3.63) is 77.5 Å². The van der Waals surface area contributed by atoms with Gasteiger partial charge in [-0.15, -0.1) is 0 Å². The monoisotopic (exact) mass is 324 g/mol. The number of hydrogen-bond acceptors (Lipinski definition) is 3. The van der Waals surface area contributed by atoms with E-state index in [1.807, 2.05) is 24.3 Å². The van der Waals surface area contributed by atoms with Crippen LogP contribution < -0.4 is 10.1 Å². The van der Waals surface area contributed by atoms with Gasteiger partial charge in [0.15, 0.2) is 0 Å². The van der Waals surface area contributed by atoms with Crippen molar-refractivity contribution in [2.45, 2.75) is 33.0 Å². The van der Waals surface area contributed by atoms with E-state index in [2.05, 4.69) is 41.1 Å². The van der Waals surface area contributed by atoms with Crippen molar-refractivity contribution >= 4 is 0 Å². The molecule has 0 saturated heterocycles. The highest BCUT2D eigenvalue weighted by Gasteiger charge is 2.08. The first-order chi connectivity index (χ1) is 11.8. The van der Waals surface area contributed by atoms with Gasteiger partial charge in [-0.1, -0.05) is 12.1 Å². The van der Waals surface area contributed by atoms with Crippen molar-refractivity contribution in [3.63, 3.8) is 0 Å². The highest BCUT2D eigenvalue weighted by atomic mass is 16.5. The predicted octanol–water partition coefficient (Wildman–Crippen LogP) is 3.99. The van der Waals surface area contributed by atoms with Crippen LogP contribution in [-0.4, -0.2) is 11.7 Å². The molecule has 0 fully saturated rings. The lowest BCUT2D eigenvalue weighted by Crippen LogP contribution is -2.16. The van der Waals surface area contributed by atoms with Gasteiger partial charge in [0, 0.05) is 37.4 Å². The van der Waals surface area contributed by atoms with E-state index in [0.29, 0.717) is 0 Å². The molecule has 0 radical (unpaired) electrons. The largest absolute Gasteiger partial charge is 0.497 e. The van der Waals surface area contributed by atoms with Crippen molar-refractivity contribution in [1.82, 2.24) is 9.88 Å². The van der Waals surface area contributed by atoms with Gasteiger partial charge in [-0.3, -0.25) is 0 Å². The van der Waals surface area contributed by atoms with E-state index in [4.69, 9.17) is 9.15 Å². The minimum Gasteiger partial charge on any atom is -0.497 e. The molecule has 0 saturated carbocycles. The molecule has 0 aliphatic carbocycles. The van der Waals surface area contributed by atoms with Crippen molar-refractivity contribution in [3.8, 4) is 5.75 Å². The highest BCUT2D eigenvalue weighted by molar-refractivity contribution is 5.27. The van der Waals surface area contributed by atoms with Crippen LogP contribution in [0.4, 0.5) is 0 Å². The van der Waals surface area contributed by atoms with E-state index in [-0.39, 0.29) is 0 Å². The summed E-state index contributed by atoms with van der Waals surface area (Å²) in [5, 5.41) is 3.52. The Balaban J connectivity index is 1.59. The number of methoxy groups -OCH3 is 1. The normalized spacial score (nSPS) is 10.9. The molecule has 0 aliphatic heterocycles. The Morgan fingerprint density at radius 3 is 2.46 bits per heavy atom. The van der Waals surface area contributed by atoms with Gasteiger partial charge >= 0.3 is 0 Å². The Morgan fingerprint density at radius 2 is 1.79 bits per heavy atom. The molecule has 4 heteroatoms. The second-order valence-electron chi connectivity index (χ2n) is 5.77. The number of furan rings is 1. The van der Waals surface area contributed by atoms with Crippen molar-refractivity contribution < 1.29 is 9.15 Å². The Kier molecular flexibility index (Phi) is 5.39. The second-order valence-corrected chi connectivity index (χ2v) is 5.77. The number of rotatable bonds is 8. The zero-order chi connectivity index (χ0) is 16.8. The first-order valence-electron chi connectivity index (χ1n) is 8.33. The number of ether oxygens (including phenoxy) is 1. The average molecular weight is 324 g/mol. The molecule has 2 aromatic heterocycles. The SMILES string of the molecule is CCn1c(CNCc2ccc(OC)cc2)ccc1Cc1ccco1. The van der Waals surface area contributed by atoms with Gasteiger partial charge in [0.2, 0.25) is 0 Å². The van der Waals surface area contributed by atoms with Crippen LogP contribution in [0.1, 0.15) is 29.6 Å². The molecule has 3 aromatic rings. The minimum atomic E-state index is 0.833. The van der Waals surface area contributed by atoms with Crippen LogP contribution in [0.25, 0.3) is 0 Å². The maximum absolute atomic E-state index is 5.46. The van der Waals surface area contributed by atoms with E-state index in [1.165, 1.54) is 17.0 Å². The van der Waals surface area contributed by atoms with Gasteiger partial charge < -0.3 is 19.0 Å². The molecule has 2 heterocycles. The zero-order valence-electron chi connectivity index (χ0n) is 14.3. The third-order valence-electron chi connectivity index (χ3n) is 4.21. The third-order valence-corrected chi connectivity index (χ3v) is 4.21. The topological polar surface area (TPSA) is 39.3 Å². The van der Waals surface area contributed by atoms with Crippen molar-refractivity contribution in [1.29, 1.82) is 0 Å². The molecule has 0 spiro atoms. The molecule has 126 valence electrons. The quantitative estimate of drug-likeness (QED) is 0.681. The molecule has 0 unspecified atom stereocenters. The molecular formula is C20H24N2O2. The average Bonchev–Trinajstić information content (AvgIpc) is 3.26. The second kappa shape index (κ2) is 7.88. The molecular weight excluding hydrogens is 300 g/mol. The summed E-state index contributed by atoms with van der Waals surface area (Å²) in [4.78, 5) is 0. The smallest absolute Gasteiger partial charge is 0.118 e. The number of benzene rings is 1. The van der Waals surface area contributed by atoms with Crippen LogP contribution in [-0.2, 0) is 26.1 Å². The molecule has 0 atom stereocenters. The number of nitrogens with one attached hydrogen (secondary N) is 1. The lowest BCUT2D eigenvalue weighted by atomic mass is 10.2. The maximum atomic E-state index is 5.46. The number of nitrogens with zero attached hydrogens (tertiary/aromatic N) is 1. The molecule has 1 aromatic carbocycles. The van der Waals surface area contributed by atoms with Gasteiger partial charge in [-0.2, -0.15) is 0 Å². The van der Waals surface area contributed by atoms with Gasteiger partial charge in [-0.25, -0.2) is 0 Å². The van der Waals surface area contributed by atoms with Crippen LogP contribution in [0.5, 0.6) is 5.75 Å². The Morgan fingerprint density at radius 1 is 1.00 bits per heavy atom. The van der Waals surface area contributed by atoms with E-state index in [1.54, 1.807) is 13.4 Å². The highest BCUT2D eigenvalue weighted by Crippen LogP contribution is 2.15. The number of hydrogen-bond donors (Lipinski definition) is 1. The van der Waals surface area contributed by atoms with Crippen LogP contribution in [0.3, 0.4) is 0 Å². The number of aromatic nitrogens is 1. The lowest BCUT2D eigenvalue weighted by Gasteiger charge is -2.12. The van der Waals surface area contributed by atoms with Crippen LogP contribution in [0.2, 0.25) is 0 Å². The molecule has 0 aliphatic rings. The van der Waals surface area contributed by atoms with Gasteiger partial charge in [0.05, 0.1) is 13.4 Å². The molecule has 0 amide bonds. The van der Waals surface area contributed by atoms with E-state index in [0.717, 1.165) is 37.6 Å². The summed E-state index contributed by atoms with van der Waals surface area (Å²) in [6.45, 7) is 4.83. The van der Waals surface area contributed by atoms with Crippen molar-refractivity contribution in [2.24, 2.45) is 0 Å². The first kappa shape index (κ1) is 16.4. The molecule has 4 nitrogen and oxygen atoms in total. The fraction of sp³-hybridized carbons (Fsp3) is 0.300. The van der Waals surface area contributed by atoms with E-state index < -0.39 is 0 Å². The summed E-state index contributed by atoms with van der Waals surface area (Å²) in [6.07, 6.45) is 2.56. The molecule has 24 heavy (non-hydrogen) atoms. The molecule has 0 bridgehead atoms. The van der Waals surface area contributed by atoms with E-state index >= 15 is 0 Å². The van der Waals surface area contributed by atoms with Gasteiger partial charge in [0.1, 0.15) is 11.5 Å². The Labute approximate surface area is 143 Å². The molecule has 3 rings (SSSR count). The summed E-state index contributed by atoms with van der Waals surface area (Å²) in [7, 11) is 1.69. The van der Waals surface area contributed by atoms with Crippen LogP contribution in [0.15, 0.2) is 59.2 Å². The Hall–Kier alpha value is -2.46. The summed E-state index contributed by atoms with van der Waals surface area (Å²) < 4.78 is 13.0. The predicted molar refractivity (Wildman–Crippen MR) is 95.2 cm³/mol. The Bertz CT molecular complexity index is 743. The van der Waals surface area contributed by atoms with Crippen LogP contribution in [0, 0.1) is 0 Å². The lowest BCUT2D eigenvalue weighted by molar-refractivity contribution is 0.414. The van der Waals surface area contributed by atoms with Crippen LogP contribution >= 0.6 is 0 Å². The standard InChI is InChI=1S/C20H24N2O2/c1-3-22-17(13-20-5-4-12-24-20)8-9-18(22)15-21-14-16-6-10-19(23-2)11-7-16/h4-12,21H,3,13-15H2,1-2H3. The van der Waals surface area contributed by atoms with Crippen molar-refractivity contribution in [2.75, 3.05) is 7.11 Å². The summed E-state index contributed by atoms with van der Waals surface area (Å²) in [5.41, 5.74) is 3.84. The van der Waals surface area contributed by atoms with Gasteiger partial charge in [-0.05, 0) is 48.9 Å². The minimum absolute atomic E-state index is 0.833. The zero-order valence-corrected chi connectivity index (χ0v) is 14.3. The first-order valence-corrected chi connectivity index (χ1v) is 8.33.